The van der Waals surface area contributed by atoms with Crippen LogP contribution in [0.1, 0.15) is 39.5 Å². The van der Waals surface area contributed by atoms with Gasteiger partial charge >= 0.3 is 5.97 Å². The zero-order chi connectivity index (χ0) is 12.1. The largest absolute Gasteiger partial charge is 0.481 e. The van der Waals surface area contributed by atoms with Gasteiger partial charge in [-0.2, -0.15) is 0 Å². The van der Waals surface area contributed by atoms with Crippen LogP contribution in [0.4, 0.5) is 0 Å². The molecule has 4 nitrogen and oxygen atoms in total. The molecule has 0 aliphatic heterocycles. The van der Waals surface area contributed by atoms with Crippen molar-refractivity contribution in [2.45, 2.75) is 39.5 Å². The van der Waals surface area contributed by atoms with E-state index in [2.05, 4.69) is 19.2 Å². The first-order valence-corrected chi connectivity index (χ1v) is 6.03. The number of amides is 1. The summed E-state index contributed by atoms with van der Waals surface area (Å²) >= 11 is 0. The lowest BCUT2D eigenvalue weighted by atomic mass is 10.1. The van der Waals surface area contributed by atoms with Crippen LogP contribution in [-0.4, -0.2) is 23.5 Å². The molecule has 1 amide bonds. The molecule has 1 saturated carbocycles. The van der Waals surface area contributed by atoms with Crippen LogP contribution in [-0.2, 0) is 9.59 Å². The van der Waals surface area contributed by atoms with Gasteiger partial charge in [0, 0.05) is 6.54 Å². The van der Waals surface area contributed by atoms with Crippen molar-refractivity contribution < 1.29 is 14.7 Å². The number of unbranched alkanes of at least 4 members (excludes halogenated alkanes) is 1. The van der Waals surface area contributed by atoms with Crippen LogP contribution in [0.3, 0.4) is 0 Å². The number of carboxylic acids is 1. The van der Waals surface area contributed by atoms with E-state index in [-0.39, 0.29) is 11.8 Å². The number of hydrogen-bond acceptors (Lipinski definition) is 2. The summed E-state index contributed by atoms with van der Waals surface area (Å²) in [6, 6.07) is 0. The van der Waals surface area contributed by atoms with E-state index < -0.39 is 11.9 Å². The lowest BCUT2D eigenvalue weighted by Gasteiger charge is -2.05. The van der Waals surface area contributed by atoms with Crippen molar-refractivity contribution in [2.24, 2.45) is 17.8 Å². The second kappa shape index (κ2) is 5.87. The van der Waals surface area contributed by atoms with Gasteiger partial charge in [0.2, 0.25) is 5.91 Å². The maximum absolute atomic E-state index is 11.4. The smallest absolute Gasteiger partial charge is 0.307 e. The third-order valence-corrected chi connectivity index (χ3v) is 2.95. The fourth-order valence-corrected chi connectivity index (χ4v) is 1.78. The molecule has 1 rings (SSSR count). The monoisotopic (exact) mass is 227 g/mol. The van der Waals surface area contributed by atoms with Gasteiger partial charge in [-0.3, -0.25) is 9.59 Å². The molecule has 0 aromatic carbocycles. The summed E-state index contributed by atoms with van der Waals surface area (Å²) in [5, 5.41) is 11.5. The van der Waals surface area contributed by atoms with Crippen LogP contribution in [0.5, 0.6) is 0 Å². The summed E-state index contributed by atoms with van der Waals surface area (Å²) in [5.41, 5.74) is 0. The number of hydrogen-bond donors (Lipinski definition) is 2. The molecule has 1 fully saturated rings. The Morgan fingerprint density at radius 1 is 1.31 bits per heavy atom. The Morgan fingerprint density at radius 2 is 2.00 bits per heavy atom. The first-order chi connectivity index (χ1) is 7.52. The topological polar surface area (TPSA) is 66.4 Å². The van der Waals surface area contributed by atoms with E-state index in [1.807, 2.05) is 0 Å². The second-order valence-electron chi connectivity index (χ2n) is 4.97. The molecule has 0 bridgehead atoms. The van der Waals surface area contributed by atoms with E-state index >= 15 is 0 Å². The Morgan fingerprint density at radius 3 is 2.50 bits per heavy atom. The van der Waals surface area contributed by atoms with Crippen LogP contribution in [0.2, 0.25) is 0 Å². The Labute approximate surface area is 96.4 Å². The standard InChI is InChI=1S/C12H21NO3/c1-8(2)5-3-4-6-13-11(14)9-7-10(9)12(15)16/h8-10H,3-7H2,1-2H3,(H,13,14)(H,15,16). The maximum atomic E-state index is 11.4. The molecule has 0 radical (unpaired) electrons. The minimum absolute atomic E-state index is 0.0862. The molecule has 2 atom stereocenters. The van der Waals surface area contributed by atoms with Gasteiger partial charge in [0.25, 0.3) is 0 Å². The summed E-state index contributed by atoms with van der Waals surface area (Å²) in [7, 11) is 0. The zero-order valence-corrected chi connectivity index (χ0v) is 10.0. The van der Waals surface area contributed by atoms with Crippen molar-refractivity contribution in [2.75, 3.05) is 6.54 Å². The third-order valence-electron chi connectivity index (χ3n) is 2.95. The van der Waals surface area contributed by atoms with E-state index in [0.717, 1.165) is 12.8 Å². The first kappa shape index (κ1) is 13.0. The molecule has 16 heavy (non-hydrogen) atoms. The SMILES string of the molecule is CC(C)CCCCNC(=O)C1CC1C(=O)O. The van der Waals surface area contributed by atoms with Gasteiger partial charge in [0.05, 0.1) is 11.8 Å². The Kier molecular flexibility index (Phi) is 4.77. The second-order valence-corrected chi connectivity index (χ2v) is 4.97. The molecule has 0 saturated heterocycles. The molecular weight excluding hydrogens is 206 g/mol. The maximum Gasteiger partial charge on any atom is 0.307 e. The minimum Gasteiger partial charge on any atom is -0.481 e. The normalized spacial score (nSPS) is 23.2. The van der Waals surface area contributed by atoms with Crippen molar-refractivity contribution in [3.05, 3.63) is 0 Å². The molecule has 0 aromatic rings. The number of aliphatic carboxylic acids is 1. The van der Waals surface area contributed by atoms with Gasteiger partial charge in [-0.15, -0.1) is 0 Å². The van der Waals surface area contributed by atoms with Crippen molar-refractivity contribution in [1.29, 1.82) is 0 Å². The van der Waals surface area contributed by atoms with Gasteiger partial charge < -0.3 is 10.4 Å². The summed E-state index contributed by atoms with van der Waals surface area (Å²) in [5.74, 6) is -0.939. The van der Waals surface area contributed by atoms with E-state index in [1.165, 1.54) is 6.42 Å². The average Bonchev–Trinajstić information content (AvgIpc) is 2.95. The van der Waals surface area contributed by atoms with E-state index in [0.29, 0.717) is 18.9 Å². The number of carboxylic acid groups (broad SMARTS) is 1. The molecule has 1 aliphatic rings. The highest BCUT2D eigenvalue weighted by Crippen LogP contribution is 2.38. The zero-order valence-electron chi connectivity index (χ0n) is 10.0. The summed E-state index contributed by atoms with van der Waals surface area (Å²) in [6.45, 7) is 5.04. The molecule has 92 valence electrons. The lowest BCUT2D eigenvalue weighted by molar-refractivity contribution is -0.140. The van der Waals surface area contributed by atoms with Crippen LogP contribution in [0, 0.1) is 17.8 Å². The number of rotatable bonds is 7. The first-order valence-electron chi connectivity index (χ1n) is 6.03. The predicted molar refractivity (Wildman–Crippen MR) is 60.9 cm³/mol. The highest BCUT2D eigenvalue weighted by Gasteiger charge is 2.48. The van der Waals surface area contributed by atoms with Crippen LogP contribution in [0.15, 0.2) is 0 Å². The Hall–Kier alpha value is -1.06. The molecule has 2 N–H and O–H groups in total. The van der Waals surface area contributed by atoms with Crippen LogP contribution < -0.4 is 5.32 Å². The van der Waals surface area contributed by atoms with Crippen molar-refractivity contribution in [1.82, 2.24) is 5.32 Å². The molecule has 0 aromatic heterocycles. The Balaban J connectivity index is 2.02. The summed E-state index contributed by atoms with van der Waals surface area (Å²) in [4.78, 5) is 22.0. The number of carbonyl (C=O) groups is 2. The molecule has 4 heteroatoms. The van der Waals surface area contributed by atoms with Gasteiger partial charge in [-0.05, 0) is 18.8 Å². The van der Waals surface area contributed by atoms with Gasteiger partial charge in [0.15, 0.2) is 0 Å². The van der Waals surface area contributed by atoms with Crippen LogP contribution >= 0.6 is 0 Å². The van der Waals surface area contributed by atoms with E-state index in [4.69, 9.17) is 5.11 Å². The quantitative estimate of drug-likeness (QED) is 0.650. The molecular formula is C12H21NO3. The summed E-state index contributed by atoms with van der Waals surface area (Å²) < 4.78 is 0. The minimum atomic E-state index is -0.847. The highest BCUT2D eigenvalue weighted by molar-refractivity contribution is 5.89. The van der Waals surface area contributed by atoms with Gasteiger partial charge in [-0.1, -0.05) is 26.7 Å². The molecule has 2 unspecified atom stereocenters. The fraction of sp³-hybridized carbons (Fsp3) is 0.833. The van der Waals surface area contributed by atoms with Crippen LogP contribution in [0.25, 0.3) is 0 Å². The number of carbonyl (C=O) groups excluding carboxylic acids is 1. The molecule has 0 spiro atoms. The average molecular weight is 227 g/mol. The molecule has 0 heterocycles. The van der Waals surface area contributed by atoms with E-state index in [1.54, 1.807) is 0 Å². The van der Waals surface area contributed by atoms with E-state index in [9.17, 15) is 9.59 Å². The van der Waals surface area contributed by atoms with Crippen molar-refractivity contribution >= 4 is 11.9 Å². The third kappa shape index (κ3) is 4.21. The highest BCUT2D eigenvalue weighted by atomic mass is 16.4. The predicted octanol–water partition coefficient (Wildman–Crippen LogP) is 1.65. The number of nitrogens with one attached hydrogen (secondary N) is 1. The Bertz CT molecular complexity index is 263. The van der Waals surface area contributed by atoms with Crippen molar-refractivity contribution in [3.8, 4) is 0 Å². The van der Waals surface area contributed by atoms with Crippen molar-refractivity contribution in [3.63, 3.8) is 0 Å². The lowest BCUT2D eigenvalue weighted by Crippen LogP contribution is -2.27. The summed E-state index contributed by atoms with van der Waals surface area (Å²) in [6.07, 6.45) is 3.78. The van der Waals surface area contributed by atoms with Gasteiger partial charge in [-0.25, -0.2) is 0 Å². The van der Waals surface area contributed by atoms with Gasteiger partial charge in [0.1, 0.15) is 0 Å². The molecule has 1 aliphatic carbocycles. The fourth-order valence-electron chi connectivity index (χ4n) is 1.78.